The van der Waals surface area contributed by atoms with Gasteiger partial charge in [-0.2, -0.15) is 11.8 Å². The minimum absolute atomic E-state index is 0.0819. The maximum absolute atomic E-state index is 13.1. The average molecular weight is 313 g/mol. The van der Waals surface area contributed by atoms with Gasteiger partial charge in [-0.05, 0) is 19.3 Å². The second-order valence-corrected chi connectivity index (χ2v) is 7.54. The summed E-state index contributed by atoms with van der Waals surface area (Å²) in [7, 11) is 0. The van der Waals surface area contributed by atoms with Crippen molar-refractivity contribution in [2.45, 2.75) is 57.1 Å². The molecule has 0 aromatic heterocycles. The Kier molecular flexibility index (Phi) is 5.79. The summed E-state index contributed by atoms with van der Waals surface area (Å²) in [5.41, 5.74) is 5.20. The van der Waals surface area contributed by atoms with Crippen molar-refractivity contribution in [1.29, 1.82) is 0 Å². The van der Waals surface area contributed by atoms with E-state index in [0.29, 0.717) is 18.1 Å². The van der Waals surface area contributed by atoms with Crippen molar-refractivity contribution < 1.29 is 10.0 Å². The molecule has 6 heteroatoms. The van der Waals surface area contributed by atoms with Crippen LogP contribution in [0.5, 0.6) is 0 Å². The fraction of sp³-hybridized carbons (Fsp3) is 0.867. The Morgan fingerprint density at radius 3 is 2.62 bits per heavy atom. The lowest BCUT2D eigenvalue weighted by Gasteiger charge is -2.39. The second kappa shape index (κ2) is 7.38. The highest BCUT2D eigenvalue weighted by atomic mass is 32.2. The van der Waals surface area contributed by atoms with Gasteiger partial charge in [0.2, 0.25) is 5.91 Å². The molecule has 1 aliphatic carbocycles. The van der Waals surface area contributed by atoms with Crippen molar-refractivity contribution in [3.8, 4) is 0 Å². The Balaban J connectivity index is 2.21. The zero-order valence-corrected chi connectivity index (χ0v) is 13.7. The predicted molar refractivity (Wildman–Crippen MR) is 86.7 cm³/mol. The van der Waals surface area contributed by atoms with Crippen molar-refractivity contribution in [2.24, 2.45) is 16.3 Å². The number of nitrogens with zero attached hydrogens (tertiary/aromatic N) is 2. The highest BCUT2D eigenvalue weighted by Gasteiger charge is 2.46. The molecule has 0 aromatic carbocycles. The summed E-state index contributed by atoms with van der Waals surface area (Å²) in [5.74, 6) is 1.18. The summed E-state index contributed by atoms with van der Waals surface area (Å²) in [5, 5.41) is 12.9. The maximum atomic E-state index is 13.1. The zero-order chi connectivity index (χ0) is 15.3. The lowest BCUT2D eigenvalue weighted by Crippen LogP contribution is -2.54. The minimum atomic E-state index is -0.772. The van der Waals surface area contributed by atoms with Gasteiger partial charge < -0.3 is 15.8 Å². The molecule has 2 rings (SSSR count). The quantitative estimate of drug-likeness (QED) is 0.276. The van der Waals surface area contributed by atoms with Crippen LogP contribution in [0.15, 0.2) is 5.16 Å². The Morgan fingerprint density at radius 1 is 1.38 bits per heavy atom. The maximum Gasteiger partial charge on any atom is 0.236 e. The van der Waals surface area contributed by atoms with E-state index in [2.05, 4.69) is 12.1 Å². The van der Waals surface area contributed by atoms with Crippen LogP contribution in [0.4, 0.5) is 0 Å². The molecule has 1 saturated carbocycles. The SMILES string of the molecule is CCC1CN(C(=O)C2(C(N)=NO)CCCCCC2)CCS1. The van der Waals surface area contributed by atoms with Gasteiger partial charge in [-0.25, -0.2) is 0 Å². The van der Waals surface area contributed by atoms with Crippen LogP contribution in [0.1, 0.15) is 51.9 Å². The van der Waals surface area contributed by atoms with Crippen LogP contribution in [-0.2, 0) is 4.79 Å². The molecule has 1 saturated heterocycles. The number of oxime groups is 1. The fourth-order valence-corrected chi connectivity index (χ4v) is 4.64. The number of rotatable bonds is 3. The summed E-state index contributed by atoms with van der Waals surface area (Å²) in [6.45, 7) is 3.73. The molecule has 2 fully saturated rings. The topological polar surface area (TPSA) is 78.9 Å². The van der Waals surface area contributed by atoms with E-state index >= 15 is 0 Å². The number of thioether (sulfide) groups is 1. The third-order valence-electron chi connectivity index (χ3n) is 4.85. The molecule has 5 nitrogen and oxygen atoms in total. The summed E-state index contributed by atoms with van der Waals surface area (Å²) in [6.07, 6.45) is 6.70. The van der Waals surface area contributed by atoms with Crippen molar-refractivity contribution in [3.05, 3.63) is 0 Å². The van der Waals surface area contributed by atoms with Crippen LogP contribution in [0, 0.1) is 5.41 Å². The molecule has 0 aromatic rings. The summed E-state index contributed by atoms with van der Waals surface area (Å²) < 4.78 is 0. The molecule has 1 heterocycles. The van der Waals surface area contributed by atoms with Crippen molar-refractivity contribution in [2.75, 3.05) is 18.8 Å². The monoisotopic (exact) mass is 313 g/mol. The summed E-state index contributed by atoms with van der Waals surface area (Å²) >= 11 is 1.94. The number of carbonyl (C=O) groups excluding carboxylic acids is 1. The van der Waals surface area contributed by atoms with Crippen LogP contribution >= 0.6 is 11.8 Å². The number of hydrogen-bond acceptors (Lipinski definition) is 4. The number of amides is 1. The van der Waals surface area contributed by atoms with Gasteiger partial charge in [0, 0.05) is 24.1 Å². The normalized spacial score (nSPS) is 27.2. The van der Waals surface area contributed by atoms with Gasteiger partial charge in [-0.1, -0.05) is 37.8 Å². The van der Waals surface area contributed by atoms with Gasteiger partial charge in [-0.15, -0.1) is 0 Å². The van der Waals surface area contributed by atoms with Gasteiger partial charge in [0.1, 0.15) is 5.41 Å². The van der Waals surface area contributed by atoms with Crippen LogP contribution in [0.2, 0.25) is 0 Å². The molecule has 120 valence electrons. The molecule has 2 aliphatic rings. The van der Waals surface area contributed by atoms with Crippen molar-refractivity contribution in [3.63, 3.8) is 0 Å². The van der Waals surface area contributed by atoms with E-state index in [9.17, 15) is 10.0 Å². The predicted octanol–water partition coefficient (Wildman–Crippen LogP) is 2.43. The lowest BCUT2D eigenvalue weighted by atomic mass is 9.77. The Hall–Kier alpha value is -0.910. The Bertz CT molecular complexity index is 392. The molecule has 1 atom stereocenters. The molecule has 3 N–H and O–H groups in total. The minimum Gasteiger partial charge on any atom is -0.409 e. The van der Waals surface area contributed by atoms with E-state index in [4.69, 9.17) is 5.73 Å². The smallest absolute Gasteiger partial charge is 0.236 e. The average Bonchev–Trinajstić information content (AvgIpc) is 2.80. The number of carbonyl (C=O) groups is 1. The third-order valence-corrected chi connectivity index (χ3v) is 6.22. The van der Waals surface area contributed by atoms with Crippen LogP contribution in [0.3, 0.4) is 0 Å². The molecular weight excluding hydrogens is 286 g/mol. The van der Waals surface area contributed by atoms with Crippen molar-refractivity contribution >= 4 is 23.5 Å². The van der Waals surface area contributed by atoms with E-state index in [-0.39, 0.29) is 11.7 Å². The van der Waals surface area contributed by atoms with Gasteiger partial charge in [0.15, 0.2) is 5.84 Å². The van der Waals surface area contributed by atoms with Crippen molar-refractivity contribution in [1.82, 2.24) is 4.90 Å². The first-order valence-corrected chi connectivity index (χ1v) is 9.08. The Labute approximate surface area is 131 Å². The molecule has 1 unspecified atom stereocenters. The lowest BCUT2D eigenvalue weighted by molar-refractivity contribution is -0.139. The van der Waals surface area contributed by atoms with E-state index in [1.54, 1.807) is 0 Å². The first-order valence-electron chi connectivity index (χ1n) is 8.03. The third kappa shape index (κ3) is 3.47. The zero-order valence-electron chi connectivity index (χ0n) is 12.9. The van der Waals surface area contributed by atoms with Crippen LogP contribution in [0.25, 0.3) is 0 Å². The number of amidine groups is 1. The largest absolute Gasteiger partial charge is 0.409 e. The number of hydrogen-bond donors (Lipinski definition) is 2. The van der Waals surface area contributed by atoms with Gasteiger partial charge in [0.05, 0.1) is 0 Å². The highest BCUT2D eigenvalue weighted by molar-refractivity contribution is 8.00. The van der Waals surface area contributed by atoms with E-state index in [1.165, 1.54) is 0 Å². The molecule has 0 spiro atoms. The first kappa shape index (κ1) is 16.5. The van der Waals surface area contributed by atoms with E-state index in [0.717, 1.165) is 50.9 Å². The van der Waals surface area contributed by atoms with E-state index in [1.807, 2.05) is 16.7 Å². The fourth-order valence-electron chi connectivity index (χ4n) is 3.46. The van der Waals surface area contributed by atoms with Crippen LogP contribution in [-0.4, -0.2) is 45.9 Å². The molecule has 1 amide bonds. The summed E-state index contributed by atoms with van der Waals surface area (Å²) in [4.78, 5) is 15.1. The molecule has 0 bridgehead atoms. The highest BCUT2D eigenvalue weighted by Crippen LogP contribution is 2.38. The van der Waals surface area contributed by atoms with E-state index < -0.39 is 5.41 Å². The first-order chi connectivity index (χ1) is 10.1. The molecular formula is C15H27N3O2S. The molecule has 1 aliphatic heterocycles. The Morgan fingerprint density at radius 2 is 2.05 bits per heavy atom. The second-order valence-electron chi connectivity index (χ2n) is 6.13. The standard InChI is InChI=1S/C15H27N3O2S/c1-2-12-11-18(9-10-21-12)14(19)15(13(16)17-20)7-5-3-4-6-8-15/h12,20H,2-11H2,1H3,(H2,16,17). The van der Waals surface area contributed by atoms with Gasteiger partial charge >= 0.3 is 0 Å². The molecule has 21 heavy (non-hydrogen) atoms. The number of nitrogens with two attached hydrogens (primary N) is 1. The summed E-state index contributed by atoms with van der Waals surface area (Å²) in [6, 6.07) is 0. The van der Waals surface area contributed by atoms with Gasteiger partial charge in [-0.3, -0.25) is 4.79 Å². The molecule has 0 radical (unpaired) electrons. The van der Waals surface area contributed by atoms with Gasteiger partial charge in [0.25, 0.3) is 0 Å². The van der Waals surface area contributed by atoms with Crippen LogP contribution < -0.4 is 5.73 Å².